The van der Waals surface area contributed by atoms with Crippen LogP contribution in [0.5, 0.6) is 0 Å². The van der Waals surface area contributed by atoms with Gasteiger partial charge in [-0.3, -0.25) is 19.3 Å². The Morgan fingerprint density at radius 1 is 1.00 bits per heavy atom. The molecule has 0 bridgehead atoms. The van der Waals surface area contributed by atoms with E-state index in [1.165, 1.54) is 30.6 Å². The van der Waals surface area contributed by atoms with Gasteiger partial charge in [0.25, 0.3) is 5.91 Å². The summed E-state index contributed by atoms with van der Waals surface area (Å²) in [4.78, 5) is 56.4. The number of carbonyl (C=O) groups excluding carboxylic acids is 4. The maximum absolute atomic E-state index is 13.4. The SMILES string of the molecule is CC(C)C(=O)N1CCC2(CC1)NC(=O)N([C@H]1CCCN(C(=O)CCC3CCCC3)C1)C2=O. The zero-order chi connectivity index (χ0) is 22.9. The van der Waals surface area contributed by atoms with E-state index < -0.39 is 5.54 Å². The molecule has 1 atom stereocenters. The summed E-state index contributed by atoms with van der Waals surface area (Å²) < 4.78 is 0. The van der Waals surface area contributed by atoms with Crippen LogP contribution in [-0.2, 0) is 14.4 Å². The van der Waals surface area contributed by atoms with Gasteiger partial charge in [-0.05, 0) is 38.0 Å². The summed E-state index contributed by atoms with van der Waals surface area (Å²) in [6, 6.07) is -0.606. The van der Waals surface area contributed by atoms with Crippen molar-refractivity contribution in [2.45, 2.75) is 89.6 Å². The van der Waals surface area contributed by atoms with Crippen LogP contribution in [0.3, 0.4) is 0 Å². The minimum absolute atomic E-state index is 0.0751. The van der Waals surface area contributed by atoms with Crippen LogP contribution < -0.4 is 5.32 Å². The predicted molar refractivity (Wildman–Crippen MR) is 120 cm³/mol. The number of nitrogens with one attached hydrogen (secondary N) is 1. The normalized spacial score (nSPS) is 26.3. The summed E-state index contributed by atoms with van der Waals surface area (Å²) >= 11 is 0. The number of rotatable bonds is 5. The summed E-state index contributed by atoms with van der Waals surface area (Å²) in [5.41, 5.74) is -0.903. The highest BCUT2D eigenvalue weighted by molar-refractivity contribution is 6.07. The van der Waals surface area contributed by atoms with Gasteiger partial charge in [0.2, 0.25) is 11.8 Å². The molecule has 1 saturated carbocycles. The summed E-state index contributed by atoms with van der Waals surface area (Å²) in [7, 11) is 0. The van der Waals surface area contributed by atoms with Crippen molar-refractivity contribution < 1.29 is 19.2 Å². The molecule has 1 spiro atoms. The van der Waals surface area contributed by atoms with Crippen LogP contribution >= 0.6 is 0 Å². The van der Waals surface area contributed by atoms with E-state index in [4.69, 9.17) is 0 Å². The highest BCUT2D eigenvalue weighted by Gasteiger charge is 2.55. The van der Waals surface area contributed by atoms with Gasteiger partial charge in [-0.15, -0.1) is 0 Å². The molecule has 32 heavy (non-hydrogen) atoms. The van der Waals surface area contributed by atoms with Gasteiger partial charge in [0.15, 0.2) is 0 Å². The van der Waals surface area contributed by atoms with E-state index in [2.05, 4.69) is 5.32 Å². The van der Waals surface area contributed by atoms with Gasteiger partial charge in [0.05, 0.1) is 6.04 Å². The van der Waals surface area contributed by atoms with Gasteiger partial charge in [-0.1, -0.05) is 39.5 Å². The Balaban J connectivity index is 1.35. The number of piperidine rings is 2. The maximum Gasteiger partial charge on any atom is 0.325 e. The van der Waals surface area contributed by atoms with Gasteiger partial charge in [-0.2, -0.15) is 0 Å². The van der Waals surface area contributed by atoms with Gasteiger partial charge in [-0.25, -0.2) is 4.79 Å². The lowest BCUT2D eigenvalue weighted by molar-refractivity contribution is -0.142. The first kappa shape index (κ1) is 23.1. The molecule has 8 heteroatoms. The molecular formula is C24H38N4O4. The minimum Gasteiger partial charge on any atom is -0.342 e. The number of hydrogen-bond acceptors (Lipinski definition) is 4. The lowest BCUT2D eigenvalue weighted by atomic mass is 9.86. The molecular weight excluding hydrogens is 408 g/mol. The topological polar surface area (TPSA) is 90.0 Å². The molecule has 178 valence electrons. The molecule has 3 saturated heterocycles. The van der Waals surface area contributed by atoms with Crippen LogP contribution in [0.1, 0.15) is 78.1 Å². The lowest BCUT2D eigenvalue weighted by Crippen LogP contribution is -2.57. The van der Waals surface area contributed by atoms with E-state index in [0.29, 0.717) is 51.4 Å². The van der Waals surface area contributed by atoms with Crippen molar-refractivity contribution in [1.82, 2.24) is 20.0 Å². The van der Waals surface area contributed by atoms with Gasteiger partial charge >= 0.3 is 6.03 Å². The number of hydrogen-bond donors (Lipinski definition) is 1. The van der Waals surface area contributed by atoms with Crippen molar-refractivity contribution in [1.29, 1.82) is 0 Å². The first-order valence-corrected chi connectivity index (χ1v) is 12.5. The fourth-order valence-electron chi connectivity index (χ4n) is 5.96. The first-order chi connectivity index (χ1) is 15.3. The molecule has 1 N–H and O–H groups in total. The molecule has 8 nitrogen and oxygen atoms in total. The predicted octanol–water partition coefficient (Wildman–Crippen LogP) is 2.52. The second-order valence-corrected chi connectivity index (χ2v) is 10.5. The second-order valence-electron chi connectivity index (χ2n) is 10.5. The smallest absolute Gasteiger partial charge is 0.325 e. The van der Waals surface area contributed by atoms with Crippen LogP contribution in [0.15, 0.2) is 0 Å². The number of likely N-dealkylation sites (tertiary alicyclic amines) is 2. The van der Waals surface area contributed by atoms with Crippen molar-refractivity contribution in [2.75, 3.05) is 26.2 Å². The van der Waals surface area contributed by atoms with Crippen molar-refractivity contribution in [3.8, 4) is 0 Å². The highest BCUT2D eigenvalue weighted by Crippen LogP contribution is 2.33. The van der Waals surface area contributed by atoms with Crippen molar-refractivity contribution in [2.24, 2.45) is 11.8 Å². The molecule has 4 rings (SSSR count). The van der Waals surface area contributed by atoms with Crippen LogP contribution in [0.25, 0.3) is 0 Å². The highest BCUT2D eigenvalue weighted by atomic mass is 16.2. The third-order valence-electron chi connectivity index (χ3n) is 7.97. The Morgan fingerprint density at radius 3 is 2.34 bits per heavy atom. The Labute approximate surface area is 191 Å². The summed E-state index contributed by atoms with van der Waals surface area (Å²) in [6.07, 6.45) is 9.00. The van der Waals surface area contributed by atoms with Crippen LogP contribution in [-0.4, -0.2) is 76.2 Å². The summed E-state index contributed by atoms with van der Waals surface area (Å²) in [5.74, 6) is 0.674. The van der Waals surface area contributed by atoms with Crippen molar-refractivity contribution in [3.63, 3.8) is 0 Å². The third kappa shape index (κ3) is 4.50. The molecule has 0 aromatic rings. The summed E-state index contributed by atoms with van der Waals surface area (Å²) in [6.45, 7) is 5.86. The fraction of sp³-hybridized carbons (Fsp3) is 0.833. The molecule has 3 aliphatic heterocycles. The van der Waals surface area contributed by atoms with Crippen molar-refractivity contribution >= 4 is 23.8 Å². The standard InChI is InChI=1S/C24H38N4O4/c1-17(2)21(30)26-14-11-24(12-15-26)22(31)28(23(32)25-24)19-8-5-13-27(16-19)20(29)10-9-18-6-3-4-7-18/h17-19H,3-16H2,1-2H3,(H,25,32)/t19-/m0/s1. The third-order valence-corrected chi connectivity index (χ3v) is 7.97. The Kier molecular flexibility index (Phi) is 6.77. The second kappa shape index (κ2) is 9.40. The molecule has 0 aromatic heterocycles. The molecule has 1 aliphatic carbocycles. The number of nitrogens with zero attached hydrogens (tertiary/aromatic N) is 3. The fourth-order valence-corrected chi connectivity index (χ4v) is 5.96. The van der Waals surface area contributed by atoms with E-state index in [1.807, 2.05) is 18.7 Å². The monoisotopic (exact) mass is 446 g/mol. The minimum atomic E-state index is -0.903. The molecule has 4 fully saturated rings. The quantitative estimate of drug-likeness (QED) is 0.657. The lowest BCUT2D eigenvalue weighted by Gasteiger charge is -2.39. The first-order valence-electron chi connectivity index (χ1n) is 12.5. The van der Waals surface area contributed by atoms with E-state index in [0.717, 1.165) is 19.3 Å². The molecule has 3 heterocycles. The Morgan fingerprint density at radius 2 is 1.69 bits per heavy atom. The largest absolute Gasteiger partial charge is 0.342 e. The number of carbonyl (C=O) groups is 4. The zero-order valence-corrected chi connectivity index (χ0v) is 19.6. The van der Waals surface area contributed by atoms with E-state index >= 15 is 0 Å². The molecule has 5 amide bonds. The van der Waals surface area contributed by atoms with Crippen LogP contribution in [0, 0.1) is 11.8 Å². The average molecular weight is 447 g/mol. The van der Waals surface area contributed by atoms with Crippen LogP contribution in [0.2, 0.25) is 0 Å². The zero-order valence-electron chi connectivity index (χ0n) is 19.6. The molecule has 0 unspecified atom stereocenters. The average Bonchev–Trinajstić information content (AvgIpc) is 3.38. The Bertz CT molecular complexity index is 753. The molecule has 0 aromatic carbocycles. The summed E-state index contributed by atoms with van der Waals surface area (Å²) in [5, 5.41) is 2.96. The number of imide groups is 1. The van der Waals surface area contributed by atoms with E-state index in [1.54, 1.807) is 4.90 Å². The van der Waals surface area contributed by atoms with E-state index in [-0.39, 0.29) is 35.7 Å². The Hall–Kier alpha value is -2.12. The molecule has 0 radical (unpaired) electrons. The molecule has 4 aliphatic rings. The number of amides is 5. The van der Waals surface area contributed by atoms with Crippen LogP contribution in [0.4, 0.5) is 4.79 Å². The maximum atomic E-state index is 13.4. The van der Waals surface area contributed by atoms with Gasteiger partial charge in [0.1, 0.15) is 5.54 Å². The van der Waals surface area contributed by atoms with Gasteiger partial charge < -0.3 is 15.1 Å². The van der Waals surface area contributed by atoms with Gasteiger partial charge in [0, 0.05) is 38.5 Å². The van der Waals surface area contributed by atoms with E-state index in [9.17, 15) is 19.2 Å². The van der Waals surface area contributed by atoms with Crippen molar-refractivity contribution in [3.05, 3.63) is 0 Å². The number of urea groups is 1.